The van der Waals surface area contributed by atoms with Crippen molar-refractivity contribution < 1.29 is 9.53 Å². The molecule has 2 atom stereocenters. The lowest BCUT2D eigenvalue weighted by Gasteiger charge is -2.42. The van der Waals surface area contributed by atoms with E-state index in [0.717, 1.165) is 32.6 Å². The molecular weight excluding hydrogens is 194 g/mol. The Morgan fingerprint density at radius 2 is 2.20 bits per heavy atom. The van der Waals surface area contributed by atoms with E-state index >= 15 is 0 Å². The number of carbonyl (C=O) groups is 1. The van der Waals surface area contributed by atoms with E-state index in [1.54, 1.807) is 0 Å². The Hall–Kier alpha value is -0.650. The first-order valence-electron chi connectivity index (χ1n) is 5.55. The van der Waals surface area contributed by atoms with Gasteiger partial charge in [-0.05, 0) is 6.92 Å². The van der Waals surface area contributed by atoms with E-state index < -0.39 is 5.54 Å². The summed E-state index contributed by atoms with van der Waals surface area (Å²) in [7, 11) is 0. The Kier molecular flexibility index (Phi) is 2.95. The summed E-state index contributed by atoms with van der Waals surface area (Å²) in [6.45, 7) is 6.16. The first kappa shape index (κ1) is 10.9. The quantitative estimate of drug-likeness (QED) is 0.612. The molecule has 5 heteroatoms. The minimum atomic E-state index is -0.567. The molecule has 86 valence electrons. The van der Waals surface area contributed by atoms with Gasteiger partial charge in [0, 0.05) is 39.2 Å². The average Bonchev–Trinajstić information content (AvgIpc) is 2.62. The van der Waals surface area contributed by atoms with Crippen molar-refractivity contribution in [2.45, 2.75) is 25.0 Å². The van der Waals surface area contributed by atoms with Crippen molar-refractivity contribution in [3.63, 3.8) is 0 Å². The fraction of sp³-hybridized carbons (Fsp3) is 0.900. The molecule has 2 fully saturated rings. The van der Waals surface area contributed by atoms with E-state index in [2.05, 4.69) is 10.2 Å². The van der Waals surface area contributed by atoms with Gasteiger partial charge in [-0.3, -0.25) is 9.69 Å². The van der Waals surface area contributed by atoms with Gasteiger partial charge in [0.25, 0.3) is 0 Å². The molecule has 5 nitrogen and oxygen atoms in total. The van der Waals surface area contributed by atoms with E-state index in [-0.39, 0.29) is 12.0 Å². The fourth-order valence-corrected chi connectivity index (χ4v) is 2.69. The van der Waals surface area contributed by atoms with Crippen molar-refractivity contribution in [2.75, 3.05) is 32.8 Å². The highest BCUT2D eigenvalue weighted by molar-refractivity contribution is 5.85. The van der Waals surface area contributed by atoms with E-state index in [9.17, 15) is 4.79 Å². The number of hydrogen-bond acceptors (Lipinski definition) is 4. The lowest BCUT2D eigenvalue weighted by Crippen LogP contribution is -2.65. The first-order valence-corrected chi connectivity index (χ1v) is 5.55. The van der Waals surface area contributed by atoms with Gasteiger partial charge in [0.05, 0.1) is 6.10 Å². The number of nitrogens with one attached hydrogen (secondary N) is 1. The maximum atomic E-state index is 11.7. The number of ether oxygens (including phenoxy) is 1. The first-order chi connectivity index (χ1) is 7.18. The van der Waals surface area contributed by atoms with Crippen LogP contribution in [0.15, 0.2) is 0 Å². The normalized spacial score (nSPS) is 38.1. The SMILES string of the molecule is CC1OCCC1(C(N)=O)N1CCNCC1. The van der Waals surface area contributed by atoms with Crippen LogP contribution in [0.2, 0.25) is 0 Å². The van der Waals surface area contributed by atoms with Crippen LogP contribution in [0.4, 0.5) is 0 Å². The minimum Gasteiger partial charge on any atom is -0.376 e. The van der Waals surface area contributed by atoms with Crippen LogP contribution >= 0.6 is 0 Å². The third-order valence-electron chi connectivity index (χ3n) is 3.63. The molecule has 1 amide bonds. The number of nitrogens with zero attached hydrogens (tertiary/aromatic N) is 1. The van der Waals surface area contributed by atoms with Crippen molar-refractivity contribution in [3.8, 4) is 0 Å². The van der Waals surface area contributed by atoms with Crippen LogP contribution in [0.3, 0.4) is 0 Å². The second-order valence-electron chi connectivity index (χ2n) is 4.29. The van der Waals surface area contributed by atoms with Crippen LogP contribution in [-0.4, -0.2) is 55.2 Å². The number of piperazine rings is 1. The van der Waals surface area contributed by atoms with Gasteiger partial charge in [-0.2, -0.15) is 0 Å². The van der Waals surface area contributed by atoms with Gasteiger partial charge < -0.3 is 15.8 Å². The van der Waals surface area contributed by atoms with Crippen LogP contribution in [0.5, 0.6) is 0 Å². The minimum absolute atomic E-state index is 0.0897. The van der Waals surface area contributed by atoms with Crippen molar-refractivity contribution in [1.82, 2.24) is 10.2 Å². The van der Waals surface area contributed by atoms with Crippen LogP contribution in [0, 0.1) is 0 Å². The van der Waals surface area contributed by atoms with E-state index in [0.29, 0.717) is 6.61 Å². The Labute approximate surface area is 89.9 Å². The van der Waals surface area contributed by atoms with Gasteiger partial charge in [-0.25, -0.2) is 0 Å². The molecule has 3 N–H and O–H groups in total. The predicted octanol–water partition coefficient (Wildman–Crippen LogP) is -1.08. The van der Waals surface area contributed by atoms with Crippen LogP contribution in [0.25, 0.3) is 0 Å². The van der Waals surface area contributed by atoms with Gasteiger partial charge in [0.1, 0.15) is 5.54 Å². The van der Waals surface area contributed by atoms with Gasteiger partial charge in [0.2, 0.25) is 5.91 Å². The largest absolute Gasteiger partial charge is 0.376 e. The third-order valence-corrected chi connectivity index (χ3v) is 3.63. The molecule has 0 aromatic carbocycles. The predicted molar refractivity (Wildman–Crippen MR) is 56.4 cm³/mol. The van der Waals surface area contributed by atoms with Gasteiger partial charge >= 0.3 is 0 Å². The molecule has 2 heterocycles. The second-order valence-corrected chi connectivity index (χ2v) is 4.29. The van der Waals surface area contributed by atoms with Gasteiger partial charge in [0.15, 0.2) is 0 Å². The van der Waals surface area contributed by atoms with Crippen molar-refractivity contribution >= 4 is 5.91 Å². The maximum absolute atomic E-state index is 11.7. The monoisotopic (exact) mass is 213 g/mol. The number of carbonyl (C=O) groups excluding carboxylic acids is 1. The van der Waals surface area contributed by atoms with Crippen molar-refractivity contribution in [3.05, 3.63) is 0 Å². The summed E-state index contributed by atoms with van der Waals surface area (Å²) in [5, 5.41) is 3.27. The highest BCUT2D eigenvalue weighted by Crippen LogP contribution is 2.32. The van der Waals surface area contributed by atoms with Crippen LogP contribution < -0.4 is 11.1 Å². The van der Waals surface area contributed by atoms with Crippen LogP contribution in [-0.2, 0) is 9.53 Å². The molecule has 2 aliphatic rings. The molecule has 0 bridgehead atoms. The van der Waals surface area contributed by atoms with E-state index in [4.69, 9.17) is 10.5 Å². The number of primary amides is 1. The van der Waals surface area contributed by atoms with Crippen molar-refractivity contribution in [2.24, 2.45) is 5.73 Å². The molecule has 2 rings (SSSR count). The Balaban J connectivity index is 2.21. The molecule has 0 aromatic heterocycles. The zero-order valence-corrected chi connectivity index (χ0v) is 9.16. The summed E-state index contributed by atoms with van der Waals surface area (Å²) < 4.78 is 5.52. The molecule has 0 aromatic rings. The van der Waals surface area contributed by atoms with Gasteiger partial charge in [-0.1, -0.05) is 0 Å². The number of rotatable bonds is 2. The summed E-state index contributed by atoms with van der Waals surface area (Å²) in [6, 6.07) is 0. The second kappa shape index (κ2) is 4.08. The maximum Gasteiger partial charge on any atom is 0.240 e. The zero-order chi connectivity index (χ0) is 10.9. The lowest BCUT2D eigenvalue weighted by atomic mass is 9.88. The zero-order valence-electron chi connectivity index (χ0n) is 9.16. The molecule has 2 aliphatic heterocycles. The standard InChI is InChI=1S/C10H19N3O2/c1-8-10(9(11)14,2-7-15-8)13-5-3-12-4-6-13/h8,12H,2-7H2,1H3,(H2,11,14). The average molecular weight is 213 g/mol. The van der Waals surface area contributed by atoms with Crippen LogP contribution in [0.1, 0.15) is 13.3 Å². The summed E-state index contributed by atoms with van der Waals surface area (Å²) in [5.74, 6) is -0.241. The van der Waals surface area contributed by atoms with Gasteiger partial charge in [-0.15, -0.1) is 0 Å². The molecular formula is C10H19N3O2. The Morgan fingerprint density at radius 3 is 2.67 bits per heavy atom. The smallest absolute Gasteiger partial charge is 0.240 e. The fourth-order valence-electron chi connectivity index (χ4n) is 2.69. The van der Waals surface area contributed by atoms with Crippen molar-refractivity contribution in [1.29, 1.82) is 0 Å². The molecule has 0 spiro atoms. The van der Waals surface area contributed by atoms with E-state index in [1.807, 2.05) is 6.92 Å². The molecule has 0 aliphatic carbocycles. The summed E-state index contributed by atoms with van der Waals surface area (Å²) in [4.78, 5) is 13.9. The Bertz CT molecular complexity index is 253. The number of nitrogens with two attached hydrogens (primary N) is 1. The third kappa shape index (κ3) is 1.64. The molecule has 15 heavy (non-hydrogen) atoms. The summed E-state index contributed by atoms with van der Waals surface area (Å²) >= 11 is 0. The molecule has 0 saturated carbocycles. The summed E-state index contributed by atoms with van der Waals surface area (Å²) in [5.41, 5.74) is 5.01. The lowest BCUT2D eigenvalue weighted by molar-refractivity contribution is -0.134. The topological polar surface area (TPSA) is 67.6 Å². The number of amides is 1. The highest BCUT2D eigenvalue weighted by atomic mass is 16.5. The number of hydrogen-bond donors (Lipinski definition) is 2. The molecule has 2 unspecified atom stereocenters. The highest BCUT2D eigenvalue weighted by Gasteiger charge is 2.51. The summed E-state index contributed by atoms with van der Waals surface area (Å²) in [6.07, 6.45) is 0.636. The van der Waals surface area contributed by atoms with E-state index in [1.165, 1.54) is 0 Å². The molecule has 2 saturated heterocycles. The molecule has 0 radical (unpaired) electrons. The Morgan fingerprint density at radius 1 is 1.53 bits per heavy atom.